The van der Waals surface area contributed by atoms with E-state index in [2.05, 4.69) is 45.2 Å². The van der Waals surface area contributed by atoms with Gasteiger partial charge in [0.05, 0.1) is 14.2 Å². The third kappa shape index (κ3) is 3.93. The predicted octanol–water partition coefficient (Wildman–Crippen LogP) is 3.99. The standard InChI is InChI=1S/C23H25N3O2S/c1-27-18-10-11-21(28-2)19(15-18)22-20-9-6-12-25(20)13-14-26(22)23(29)24-16-17-7-4-3-5-8-17/h3-12,15,22H,13-14,16H2,1-2H3,(H,24,29)/t22-/m1/s1. The maximum Gasteiger partial charge on any atom is 0.170 e. The summed E-state index contributed by atoms with van der Waals surface area (Å²) in [5.74, 6) is 1.62. The van der Waals surface area contributed by atoms with Crippen LogP contribution in [0.2, 0.25) is 0 Å². The summed E-state index contributed by atoms with van der Waals surface area (Å²) in [6, 6.07) is 20.4. The summed E-state index contributed by atoms with van der Waals surface area (Å²) in [5, 5.41) is 4.17. The van der Waals surface area contributed by atoms with Gasteiger partial charge in [0.2, 0.25) is 0 Å². The molecular weight excluding hydrogens is 382 g/mol. The highest BCUT2D eigenvalue weighted by Crippen LogP contribution is 2.39. The number of aromatic nitrogens is 1. The molecule has 0 bridgehead atoms. The minimum absolute atomic E-state index is 0.0560. The second-order valence-corrected chi connectivity index (χ2v) is 7.36. The van der Waals surface area contributed by atoms with Crippen molar-refractivity contribution in [3.8, 4) is 11.5 Å². The summed E-state index contributed by atoms with van der Waals surface area (Å²) in [4.78, 5) is 2.24. The number of ether oxygens (including phenoxy) is 2. The number of benzene rings is 2. The first kappa shape index (κ1) is 19.3. The van der Waals surface area contributed by atoms with Crippen LogP contribution in [0.25, 0.3) is 0 Å². The lowest BCUT2D eigenvalue weighted by molar-refractivity contribution is 0.277. The van der Waals surface area contributed by atoms with E-state index in [-0.39, 0.29) is 6.04 Å². The molecule has 0 amide bonds. The first-order valence-electron chi connectivity index (χ1n) is 9.66. The molecule has 2 heterocycles. The average molecular weight is 408 g/mol. The number of hydrogen-bond donors (Lipinski definition) is 1. The first-order valence-corrected chi connectivity index (χ1v) is 10.1. The van der Waals surface area contributed by atoms with Gasteiger partial charge in [-0.05, 0) is 48.1 Å². The monoisotopic (exact) mass is 407 g/mol. The summed E-state index contributed by atoms with van der Waals surface area (Å²) in [7, 11) is 3.38. The van der Waals surface area contributed by atoms with Crippen LogP contribution in [0.5, 0.6) is 11.5 Å². The summed E-state index contributed by atoms with van der Waals surface area (Å²) in [6.45, 7) is 2.39. The Morgan fingerprint density at radius 3 is 2.62 bits per heavy atom. The molecule has 3 aromatic rings. The SMILES string of the molecule is COc1ccc(OC)c([C@@H]2c3cccn3CCN2C(=S)NCc2ccccc2)c1. The summed E-state index contributed by atoms with van der Waals surface area (Å²) in [5.41, 5.74) is 3.42. The highest BCUT2D eigenvalue weighted by Gasteiger charge is 2.32. The lowest BCUT2D eigenvalue weighted by atomic mass is 9.99. The Hall–Kier alpha value is -2.99. The van der Waals surface area contributed by atoms with Crippen molar-refractivity contribution in [1.29, 1.82) is 0 Å². The van der Waals surface area contributed by atoms with E-state index in [1.54, 1.807) is 14.2 Å². The molecule has 1 atom stereocenters. The fourth-order valence-electron chi connectivity index (χ4n) is 3.86. The molecule has 1 N–H and O–H groups in total. The van der Waals surface area contributed by atoms with Crippen molar-refractivity contribution in [3.63, 3.8) is 0 Å². The third-order valence-electron chi connectivity index (χ3n) is 5.32. The number of nitrogens with one attached hydrogen (secondary N) is 1. The van der Waals surface area contributed by atoms with Crippen molar-refractivity contribution in [2.24, 2.45) is 0 Å². The van der Waals surface area contributed by atoms with Crippen LogP contribution in [-0.4, -0.2) is 35.3 Å². The van der Waals surface area contributed by atoms with Crippen LogP contribution in [-0.2, 0) is 13.1 Å². The van der Waals surface area contributed by atoms with Gasteiger partial charge in [0, 0.05) is 37.1 Å². The zero-order chi connectivity index (χ0) is 20.2. The molecule has 1 aliphatic rings. The van der Waals surface area contributed by atoms with Crippen LogP contribution >= 0.6 is 12.2 Å². The highest BCUT2D eigenvalue weighted by molar-refractivity contribution is 7.80. The van der Waals surface area contributed by atoms with Crippen LogP contribution in [0.15, 0.2) is 66.9 Å². The molecular formula is C23H25N3O2S. The van der Waals surface area contributed by atoms with Crippen molar-refractivity contribution >= 4 is 17.3 Å². The number of methoxy groups -OCH3 is 2. The van der Waals surface area contributed by atoms with Gasteiger partial charge in [0.15, 0.2) is 5.11 Å². The third-order valence-corrected chi connectivity index (χ3v) is 5.70. The van der Waals surface area contributed by atoms with Crippen molar-refractivity contribution in [3.05, 3.63) is 83.7 Å². The number of fused-ring (bicyclic) bond motifs is 1. The van der Waals surface area contributed by atoms with Crippen LogP contribution in [0, 0.1) is 0 Å². The molecule has 1 aromatic heterocycles. The summed E-state index contributed by atoms with van der Waals surface area (Å²) < 4.78 is 13.5. The number of hydrogen-bond acceptors (Lipinski definition) is 3. The molecule has 6 heteroatoms. The first-order chi connectivity index (χ1) is 14.2. The number of nitrogens with zero attached hydrogens (tertiary/aromatic N) is 2. The molecule has 29 heavy (non-hydrogen) atoms. The van der Waals surface area contributed by atoms with Gasteiger partial charge in [-0.1, -0.05) is 30.3 Å². The van der Waals surface area contributed by atoms with Crippen LogP contribution in [0.3, 0.4) is 0 Å². The molecule has 4 rings (SSSR count). The van der Waals surface area contributed by atoms with Crippen LogP contribution in [0.1, 0.15) is 22.9 Å². The minimum atomic E-state index is -0.0560. The Balaban J connectivity index is 1.67. The number of thiocarbonyl (C=S) groups is 1. The van der Waals surface area contributed by atoms with Crippen molar-refractivity contribution in [2.75, 3.05) is 20.8 Å². The van der Waals surface area contributed by atoms with E-state index < -0.39 is 0 Å². The molecule has 0 aliphatic carbocycles. The molecule has 0 radical (unpaired) electrons. The van der Waals surface area contributed by atoms with Gasteiger partial charge in [0.1, 0.15) is 17.5 Å². The Labute approximate surface area is 176 Å². The lowest BCUT2D eigenvalue weighted by Crippen LogP contribution is -2.47. The van der Waals surface area contributed by atoms with Gasteiger partial charge in [-0.25, -0.2) is 0 Å². The second kappa shape index (κ2) is 8.57. The summed E-state index contributed by atoms with van der Waals surface area (Å²) in [6.07, 6.45) is 2.12. The van der Waals surface area contributed by atoms with Gasteiger partial charge in [0.25, 0.3) is 0 Å². The van der Waals surface area contributed by atoms with E-state index >= 15 is 0 Å². The maximum absolute atomic E-state index is 5.83. The number of rotatable bonds is 5. The van der Waals surface area contributed by atoms with Gasteiger partial charge in [-0.2, -0.15) is 0 Å². The van der Waals surface area contributed by atoms with E-state index in [4.69, 9.17) is 21.7 Å². The predicted molar refractivity (Wildman–Crippen MR) is 118 cm³/mol. The molecule has 2 aromatic carbocycles. The van der Waals surface area contributed by atoms with Crippen LogP contribution < -0.4 is 14.8 Å². The highest BCUT2D eigenvalue weighted by atomic mass is 32.1. The zero-order valence-electron chi connectivity index (χ0n) is 16.7. The average Bonchev–Trinajstić information content (AvgIpc) is 3.26. The normalized spacial score (nSPS) is 15.5. The Morgan fingerprint density at radius 1 is 1.03 bits per heavy atom. The van der Waals surface area contributed by atoms with Gasteiger partial charge >= 0.3 is 0 Å². The quantitative estimate of drug-likeness (QED) is 0.648. The molecule has 0 fully saturated rings. The molecule has 0 spiro atoms. The van der Waals surface area contributed by atoms with E-state index in [1.807, 2.05) is 36.4 Å². The Morgan fingerprint density at radius 2 is 1.86 bits per heavy atom. The largest absolute Gasteiger partial charge is 0.497 e. The molecule has 1 aliphatic heterocycles. The summed E-state index contributed by atoms with van der Waals surface area (Å²) >= 11 is 5.83. The van der Waals surface area contributed by atoms with Gasteiger partial charge in [-0.15, -0.1) is 0 Å². The molecule has 0 saturated carbocycles. The minimum Gasteiger partial charge on any atom is -0.497 e. The topological polar surface area (TPSA) is 38.7 Å². The van der Waals surface area contributed by atoms with E-state index in [1.165, 1.54) is 11.3 Å². The van der Waals surface area contributed by atoms with Gasteiger partial charge in [-0.3, -0.25) is 0 Å². The smallest absolute Gasteiger partial charge is 0.170 e. The fourth-order valence-corrected chi connectivity index (χ4v) is 4.13. The zero-order valence-corrected chi connectivity index (χ0v) is 17.5. The van der Waals surface area contributed by atoms with Gasteiger partial charge < -0.3 is 24.3 Å². The van der Waals surface area contributed by atoms with E-state index in [0.29, 0.717) is 6.54 Å². The fraction of sp³-hybridized carbons (Fsp3) is 0.261. The van der Waals surface area contributed by atoms with E-state index in [0.717, 1.165) is 35.3 Å². The Bertz CT molecular complexity index is 987. The molecule has 150 valence electrons. The Kier molecular flexibility index (Phi) is 5.71. The molecule has 0 saturated heterocycles. The van der Waals surface area contributed by atoms with E-state index in [9.17, 15) is 0 Å². The molecule has 5 nitrogen and oxygen atoms in total. The molecule has 0 unspecified atom stereocenters. The lowest BCUT2D eigenvalue weighted by Gasteiger charge is -2.39. The van der Waals surface area contributed by atoms with Crippen molar-refractivity contribution < 1.29 is 9.47 Å². The maximum atomic E-state index is 5.83. The van der Waals surface area contributed by atoms with Crippen molar-refractivity contribution in [1.82, 2.24) is 14.8 Å². The van der Waals surface area contributed by atoms with Crippen molar-refractivity contribution in [2.45, 2.75) is 19.1 Å². The van der Waals surface area contributed by atoms with Crippen LogP contribution in [0.4, 0.5) is 0 Å². The second-order valence-electron chi connectivity index (χ2n) is 6.97.